The van der Waals surface area contributed by atoms with Gasteiger partial charge in [-0.1, -0.05) is 18.5 Å². The molecule has 1 aromatic carbocycles. The number of sulfonamides is 1. The second-order valence-electron chi connectivity index (χ2n) is 8.41. The van der Waals surface area contributed by atoms with Gasteiger partial charge in [0.25, 0.3) is 0 Å². The lowest BCUT2D eigenvalue weighted by molar-refractivity contribution is -0.189. The number of halogens is 2. The second kappa shape index (κ2) is 10.3. The van der Waals surface area contributed by atoms with Gasteiger partial charge in [-0.15, -0.1) is 0 Å². The lowest BCUT2D eigenvalue weighted by atomic mass is 9.85. The lowest BCUT2D eigenvalue weighted by Gasteiger charge is -2.38. The molecule has 11 nitrogen and oxygen atoms in total. The summed E-state index contributed by atoms with van der Waals surface area (Å²) >= 11 is 5.90. The van der Waals surface area contributed by atoms with Crippen molar-refractivity contribution in [3.8, 4) is 0 Å². The molecule has 2 aliphatic rings. The third-order valence-electron chi connectivity index (χ3n) is 6.28. The first kappa shape index (κ1) is 27.7. The smallest absolute Gasteiger partial charge is 0.332 e. The van der Waals surface area contributed by atoms with Gasteiger partial charge in [-0.05, 0) is 37.1 Å². The van der Waals surface area contributed by atoms with Gasteiger partial charge < -0.3 is 35.0 Å². The van der Waals surface area contributed by atoms with Gasteiger partial charge in [0.1, 0.15) is 35.0 Å². The van der Waals surface area contributed by atoms with Crippen molar-refractivity contribution in [3.63, 3.8) is 0 Å². The SMILES string of the molecule is CC[C@]1([C@H](O)CO)OC2(C=C(C(=O)O)C(S(=O)(=O)Nc3ccc(F)cc3Cl)CC2)O[C@@H]1[C@H](O)CO. The molecule has 6 atom stereocenters. The van der Waals surface area contributed by atoms with Gasteiger partial charge in [-0.25, -0.2) is 17.6 Å². The van der Waals surface area contributed by atoms with Gasteiger partial charge in [0.15, 0.2) is 5.79 Å². The van der Waals surface area contributed by atoms with E-state index < -0.39 is 75.5 Å². The van der Waals surface area contributed by atoms with Crippen LogP contribution in [0, 0.1) is 5.82 Å². The average Bonchev–Trinajstić information content (AvgIpc) is 3.14. The Morgan fingerprint density at radius 1 is 1.31 bits per heavy atom. The maximum atomic E-state index is 13.3. The highest BCUT2D eigenvalue weighted by Gasteiger charge is 2.62. The highest BCUT2D eigenvalue weighted by Crippen LogP contribution is 2.48. The Labute approximate surface area is 205 Å². The molecular formula is C21H27ClFNO10S. The first-order valence-corrected chi connectivity index (χ1v) is 12.7. The third kappa shape index (κ3) is 5.18. The predicted molar refractivity (Wildman–Crippen MR) is 121 cm³/mol. The molecule has 35 heavy (non-hydrogen) atoms. The predicted octanol–water partition coefficient (Wildman–Crippen LogP) is 0.361. The number of aliphatic hydroxyl groups is 4. The molecule has 1 heterocycles. The molecule has 0 saturated carbocycles. The number of aliphatic carboxylic acids is 1. The van der Waals surface area contributed by atoms with Crippen LogP contribution in [0.5, 0.6) is 0 Å². The van der Waals surface area contributed by atoms with E-state index in [2.05, 4.69) is 4.72 Å². The highest BCUT2D eigenvalue weighted by molar-refractivity contribution is 7.93. The molecule has 1 spiro atoms. The van der Waals surface area contributed by atoms with Crippen LogP contribution in [-0.4, -0.2) is 88.1 Å². The Hall–Kier alpha value is -1.84. The van der Waals surface area contributed by atoms with Crippen molar-refractivity contribution in [2.45, 2.75) is 61.1 Å². The average molecular weight is 540 g/mol. The molecule has 0 bridgehead atoms. The highest BCUT2D eigenvalue weighted by atomic mass is 35.5. The molecule has 1 saturated heterocycles. The van der Waals surface area contributed by atoms with E-state index in [0.29, 0.717) is 0 Å². The molecule has 1 fully saturated rings. The van der Waals surface area contributed by atoms with Gasteiger partial charge in [0, 0.05) is 6.42 Å². The summed E-state index contributed by atoms with van der Waals surface area (Å²) in [5.74, 6) is -4.14. The number of carboxylic acids is 1. The first-order valence-electron chi connectivity index (χ1n) is 10.7. The fraction of sp³-hybridized carbons (Fsp3) is 0.571. The molecule has 0 radical (unpaired) electrons. The van der Waals surface area contributed by atoms with Crippen LogP contribution in [0.2, 0.25) is 5.02 Å². The summed E-state index contributed by atoms with van der Waals surface area (Å²) in [6, 6.07) is 2.98. The van der Waals surface area contributed by atoms with Crippen molar-refractivity contribution in [3.05, 3.63) is 40.7 Å². The Bertz CT molecular complexity index is 1100. The Morgan fingerprint density at radius 2 is 2.00 bits per heavy atom. The number of carboxylic acid groups (broad SMARTS) is 1. The van der Waals surface area contributed by atoms with Crippen LogP contribution in [0.4, 0.5) is 10.1 Å². The Morgan fingerprint density at radius 3 is 2.54 bits per heavy atom. The molecule has 2 unspecified atom stereocenters. The minimum absolute atomic E-state index is 0.000790. The van der Waals surface area contributed by atoms with Gasteiger partial charge in [-0.3, -0.25) is 4.72 Å². The quantitative estimate of drug-likeness (QED) is 0.256. The van der Waals surface area contributed by atoms with Crippen molar-refractivity contribution >= 4 is 33.3 Å². The summed E-state index contributed by atoms with van der Waals surface area (Å²) in [5.41, 5.74) is -2.47. The normalized spacial score (nSPS) is 30.7. The molecule has 3 rings (SSSR count). The minimum Gasteiger partial charge on any atom is -0.478 e. The van der Waals surface area contributed by atoms with E-state index >= 15 is 0 Å². The van der Waals surface area contributed by atoms with E-state index in [1.807, 2.05) is 0 Å². The van der Waals surface area contributed by atoms with Crippen LogP contribution in [-0.2, 0) is 24.3 Å². The van der Waals surface area contributed by atoms with Crippen molar-refractivity contribution in [2.24, 2.45) is 0 Å². The summed E-state index contributed by atoms with van der Waals surface area (Å²) in [6.45, 7) is 0.0161. The van der Waals surface area contributed by atoms with E-state index in [4.69, 9.17) is 21.1 Å². The summed E-state index contributed by atoms with van der Waals surface area (Å²) < 4.78 is 53.5. The molecule has 1 aromatic rings. The number of aliphatic hydroxyl groups excluding tert-OH is 4. The summed E-state index contributed by atoms with van der Waals surface area (Å²) in [6.07, 6.45) is -4.06. The number of ether oxygens (including phenoxy) is 2. The molecule has 6 N–H and O–H groups in total. The van der Waals surface area contributed by atoms with Crippen molar-refractivity contribution in [1.29, 1.82) is 0 Å². The van der Waals surface area contributed by atoms with Crippen LogP contribution in [0.15, 0.2) is 29.8 Å². The number of nitrogens with one attached hydrogen (secondary N) is 1. The van der Waals surface area contributed by atoms with Crippen molar-refractivity contribution in [1.82, 2.24) is 0 Å². The zero-order valence-electron chi connectivity index (χ0n) is 18.6. The molecule has 0 amide bonds. The molecule has 1 aliphatic carbocycles. The molecule has 196 valence electrons. The van der Waals surface area contributed by atoms with Crippen LogP contribution in [0.3, 0.4) is 0 Å². The standard InChI is InChI=1S/C21H27ClFNO10S/c1-2-21(17(28)10-26)18(15(27)9-25)33-20(34-21)6-5-16(12(8-20)19(29)30)35(31,32)24-14-4-3-11(23)7-13(14)22/h3-4,7-8,15-18,24-28H,2,5-6,9-10H2,1H3,(H,29,30)/t15-,16?,17-,18-,20?,21-/m1/s1. The van der Waals surface area contributed by atoms with E-state index in [0.717, 1.165) is 24.3 Å². The third-order valence-corrected chi connectivity index (χ3v) is 8.33. The molecule has 0 aromatic heterocycles. The number of benzene rings is 1. The largest absolute Gasteiger partial charge is 0.478 e. The molecular weight excluding hydrogens is 513 g/mol. The maximum absolute atomic E-state index is 13.3. The maximum Gasteiger partial charge on any atom is 0.332 e. The van der Waals surface area contributed by atoms with Gasteiger partial charge in [0.2, 0.25) is 10.0 Å². The molecule has 1 aliphatic heterocycles. The van der Waals surface area contributed by atoms with E-state index in [1.54, 1.807) is 6.92 Å². The zero-order valence-corrected chi connectivity index (χ0v) is 20.2. The fourth-order valence-electron chi connectivity index (χ4n) is 4.52. The van der Waals surface area contributed by atoms with Gasteiger partial charge >= 0.3 is 5.97 Å². The number of anilines is 1. The minimum atomic E-state index is -4.40. The van der Waals surface area contributed by atoms with E-state index in [9.17, 15) is 43.1 Å². The fourth-order valence-corrected chi connectivity index (χ4v) is 6.35. The van der Waals surface area contributed by atoms with Crippen LogP contribution in [0.1, 0.15) is 26.2 Å². The topological polar surface area (TPSA) is 183 Å². The van der Waals surface area contributed by atoms with Gasteiger partial charge in [0.05, 0.1) is 29.5 Å². The van der Waals surface area contributed by atoms with Crippen molar-refractivity contribution < 1.29 is 52.6 Å². The first-order chi connectivity index (χ1) is 16.3. The number of carbonyl (C=O) groups is 1. The number of hydrogen-bond donors (Lipinski definition) is 6. The zero-order chi connectivity index (χ0) is 26.2. The number of rotatable bonds is 9. The molecule has 14 heteroatoms. The summed E-state index contributed by atoms with van der Waals surface area (Å²) in [4.78, 5) is 12.1. The van der Waals surface area contributed by atoms with Crippen molar-refractivity contribution in [2.75, 3.05) is 17.9 Å². The lowest BCUT2D eigenvalue weighted by Crippen LogP contribution is -2.56. The van der Waals surface area contributed by atoms with E-state index in [-0.39, 0.29) is 30.0 Å². The number of hydrogen-bond acceptors (Lipinski definition) is 9. The van der Waals surface area contributed by atoms with Crippen LogP contribution < -0.4 is 4.72 Å². The summed E-state index contributed by atoms with van der Waals surface area (Å²) in [5, 5.41) is 47.8. The summed E-state index contributed by atoms with van der Waals surface area (Å²) in [7, 11) is -4.40. The second-order valence-corrected chi connectivity index (χ2v) is 10.7. The van der Waals surface area contributed by atoms with Crippen LogP contribution in [0.25, 0.3) is 0 Å². The van der Waals surface area contributed by atoms with E-state index in [1.165, 1.54) is 0 Å². The Kier molecular flexibility index (Phi) is 8.13. The van der Waals surface area contributed by atoms with Crippen LogP contribution >= 0.6 is 11.6 Å². The Balaban J connectivity index is 2.01. The van der Waals surface area contributed by atoms with Gasteiger partial charge in [-0.2, -0.15) is 0 Å². The monoisotopic (exact) mass is 539 g/mol.